The quantitative estimate of drug-likeness (QED) is 0.679. The molecular weight excluding hydrogens is 308 g/mol. The average Bonchev–Trinajstić information content (AvgIpc) is 2.97. The Bertz CT molecular complexity index is 527. The van der Waals surface area contributed by atoms with Crippen molar-refractivity contribution in [2.75, 3.05) is 13.7 Å². The Balaban J connectivity index is 1.87. The van der Waals surface area contributed by atoms with Gasteiger partial charge >= 0.3 is 0 Å². The van der Waals surface area contributed by atoms with Gasteiger partial charge in [-0.25, -0.2) is 4.98 Å². The lowest BCUT2D eigenvalue weighted by atomic mass is 9.63. The topological polar surface area (TPSA) is 42.4 Å². The molecule has 1 aromatic rings. The fourth-order valence-corrected chi connectivity index (χ4v) is 3.97. The summed E-state index contributed by atoms with van der Waals surface area (Å²) in [7, 11) is 1.92. The molecule has 2 atom stereocenters. The summed E-state index contributed by atoms with van der Waals surface area (Å²) in [6, 6.07) is 0.255. The van der Waals surface area contributed by atoms with E-state index in [4.69, 9.17) is 4.74 Å². The number of unbranched alkanes of at least 4 members (excludes halogenated alkanes) is 1. The zero-order valence-electron chi connectivity index (χ0n) is 15.1. The number of aromatic nitrogens is 1. The molecule has 0 N–H and O–H groups in total. The predicted octanol–water partition coefficient (Wildman–Crippen LogP) is 3.69. The third-order valence-electron chi connectivity index (χ3n) is 5.04. The number of likely N-dealkylation sites (N-methyl/N-ethyl adjacent to an activating group) is 1. The number of nitrogens with zero attached hydrogens (tertiary/aromatic N) is 2. The molecule has 1 heterocycles. The molecule has 1 aromatic heterocycles. The summed E-state index contributed by atoms with van der Waals surface area (Å²) in [6.45, 7) is 9.51. The second kappa shape index (κ2) is 7.75. The van der Waals surface area contributed by atoms with Gasteiger partial charge in [0.2, 0.25) is 5.91 Å². The summed E-state index contributed by atoms with van der Waals surface area (Å²) in [5, 5.41) is 3.11. The van der Waals surface area contributed by atoms with Gasteiger partial charge in [0.05, 0.1) is 23.2 Å². The molecule has 130 valence electrons. The van der Waals surface area contributed by atoms with E-state index in [0.717, 1.165) is 43.0 Å². The number of ether oxygens (including phenoxy) is 1. The van der Waals surface area contributed by atoms with Crippen LogP contribution in [0.5, 0.6) is 0 Å². The van der Waals surface area contributed by atoms with Gasteiger partial charge in [0.1, 0.15) is 0 Å². The number of carbonyl (C=O) groups excluding carboxylic acids is 1. The van der Waals surface area contributed by atoms with Crippen molar-refractivity contribution < 1.29 is 9.53 Å². The summed E-state index contributed by atoms with van der Waals surface area (Å²) < 4.78 is 5.98. The molecular formula is C18H30N2O2S. The zero-order valence-corrected chi connectivity index (χ0v) is 15.9. The number of hydrogen-bond donors (Lipinski definition) is 0. The summed E-state index contributed by atoms with van der Waals surface area (Å²) in [4.78, 5) is 19.0. The Morgan fingerprint density at radius 2 is 2.22 bits per heavy atom. The molecule has 1 aliphatic carbocycles. The molecule has 1 aliphatic rings. The third kappa shape index (κ3) is 4.13. The number of aryl methyl sites for hydroxylation is 1. The minimum atomic E-state index is 0.0226. The molecule has 0 saturated heterocycles. The minimum Gasteiger partial charge on any atom is -0.378 e. The van der Waals surface area contributed by atoms with Crippen LogP contribution in [0.15, 0.2) is 5.38 Å². The van der Waals surface area contributed by atoms with Gasteiger partial charge in [-0.2, -0.15) is 0 Å². The lowest BCUT2D eigenvalue weighted by Crippen LogP contribution is -2.62. The van der Waals surface area contributed by atoms with E-state index in [1.54, 1.807) is 11.3 Å². The number of amides is 1. The van der Waals surface area contributed by atoms with E-state index in [9.17, 15) is 4.79 Å². The zero-order chi connectivity index (χ0) is 17.0. The minimum absolute atomic E-state index is 0.0226. The van der Waals surface area contributed by atoms with Crippen LogP contribution in [0.25, 0.3) is 0 Å². The molecule has 4 nitrogen and oxygen atoms in total. The SMILES string of the molecule is CCCCO[C@H]1C[C@@H](N(C)C(=O)Cc2csc(CC)n2)C1(C)C. The van der Waals surface area contributed by atoms with Crippen molar-refractivity contribution in [3.8, 4) is 0 Å². The average molecular weight is 339 g/mol. The maximum absolute atomic E-state index is 12.5. The molecule has 2 rings (SSSR count). The van der Waals surface area contributed by atoms with E-state index in [1.165, 1.54) is 0 Å². The van der Waals surface area contributed by atoms with E-state index < -0.39 is 0 Å². The fourth-order valence-electron chi connectivity index (χ4n) is 3.22. The van der Waals surface area contributed by atoms with Gasteiger partial charge in [-0.1, -0.05) is 34.1 Å². The maximum atomic E-state index is 12.5. The van der Waals surface area contributed by atoms with Gasteiger partial charge in [-0.3, -0.25) is 4.79 Å². The lowest BCUT2D eigenvalue weighted by molar-refractivity contribution is -0.164. The highest BCUT2D eigenvalue weighted by Crippen LogP contribution is 2.45. The summed E-state index contributed by atoms with van der Waals surface area (Å²) in [5.41, 5.74) is 0.922. The van der Waals surface area contributed by atoms with Crippen LogP contribution in [-0.2, 0) is 22.4 Å². The Kier molecular flexibility index (Phi) is 6.20. The van der Waals surface area contributed by atoms with E-state index in [-0.39, 0.29) is 23.5 Å². The lowest BCUT2D eigenvalue weighted by Gasteiger charge is -2.55. The van der Waals surface area contributed by atoms with Crippen LogP contribution in [0.1, 0.15) is 57.7 Å². The molecule has 1 saturated carbocycles. The number of thiazole rings is 1. The smallest absolute Gasteiger partial charge is 0.228 e. The van der Waals surface area contributed by atoms with Crippen LogP contribution in [0.2, 0.25) is 0 Å². The molecule has 0 aliphatic heterocycles. The van der Waals surface area contributed by atoms with Crippen LogP contribution in [0.4, 0.5) is 0 Å². The van der Waals surface area contributed by atoms with Gasteiger partial charge in [-0.05, 0) is 19.3 Å². The normalized spacial score (nSPS) is 22.7. The molecule has 0 radical (unpaired) electrons. The first kappa shape index (κ1) is 18.4. The van der Waals surface area contributed by atoms with Crippen molar-refractivity contribution in [2.45, 2.75) is 71.9 Å². The molecule has 0 unspecified atom stereocenters. The first-order valence-corrected chi connectivity index (χ1v) is 9.58. The Morgan fingerprint density at radius 3 is 2.78 bits per heavy atom. The Labute approximate surface area is 144 Å². The molecule has 0 spiro atoms. The van der Waals surface area contributed by atoms with Gasteiger partial charge in [0.15, 0.2) is 0 Å². The van der Waals surface area contributed by atoms with Crippen LogP contribution >= 0.6 is 11.3 Å². The predicted molar refractivity (Wildman–Crippen MR) is 94.8 cm³/mol. The summed E-state index contributed by atoms with van der Waals surface area (Å²) in [5.74, 6) is 0.156. The van der Waals surface area contributed by atoms with E-state index in [2.05, 4.69) is 32.7 Å². The van der Waals surface area contributed by atoms with Crippen molar-refractivity contribution in [3.05, 3.63) is 16.1 Å². The highest BCUT2D eigenvalue weighted by atomic mass is 32.1. The van der Waals surface area contributed by atoms with Crippen LogP contribution in [-0.4, -0.2) is 41.6 Å². The van der Waals surface area contributed by atoms with E-state index in [1.807, 2.05) is 17.3 Å². The standard InChI is InChI=1S/C18H30N2O2S/c1-6-8-9-22-15-11-14(18(15,3)4)20(5)17(21)10-13-12-23-16(7-2)19-13/h12,14-15H,6-11H2,1-5H3/t14-,15+/m1/s1. The molecule has 1 fully saturated rings. The number of hydrogen-bond acceptors (Lipinski definition) is 4. The Morgan fingerprint density at radius 1 is 1.48 bits per heavy atom. The van der Waals surface area contributed by atoms with Gasteiger partial charge in [0.25, 0.3) is 0 Å². The van der Waals surface area contributed by atoms with Gasteiger partial charge < -0.3 is 9.64 Å². The molecule has 0 aromatic carbocycles. The maximum Gasteiger partial charge on any atom is 0.228 e. The largest absolute Gasteiger partial charge is 0.378 e. The Hall–Kier alpha value is -0.940. The fraction of sp³-hybridized carbons (Fsp3) is 0.778. The monoisotopic (exact) mass is 338 g/mol. The van der Waals surface area contributed by atoms with Crippen molar-refractivity contribution in [2.24, 2.45) is 5.41 Å². The third-order valence-corrected chi connectivity index (χ3v) is 6.08. The van der Waals surface area contributed by atoms with Crippen LogP contribution in [0, 0.1) is 5.41 Å². The van der Waals surface area contributed by atoms with Gasteiger partial charge in [-0.15, -0.1) is 11.3 Å². The van der Waals surface area contributed by atoms with Gasteiger partial charge in [0, 0.05) is 30.5 Å². The summed E-state index contributed by atoms with van der Waals surface area (Å²) >= 11 is 1.64. The number of rotatable bonds is 8. The van der Waals surface area contributed by atoms with Crippen molar-refractivity contribution in [1.29, 1.82) is 0 Å². The van der Waals surface area contributed by atoms with Crippen molar-refractivity contribution in [1.82, 2.24) is 9.88 Å². The second-order valence-electron chi connectivity index (χ2n) is 7.05. The summed E-state index contributed by atoms with van der Waals surface area (Å²) in [6.07, 6.45) is 4.80. The van der Waals surface area contributed by atoms with Crippen LogP contribution in [0.3, 0.4) is 0 Å². The highest BCUT2D eigenvalue weighted by Gasteiger charge is 2.51. The first-order valence-electron chi connectivity index (χ1n) is 8.70. The van der Waals surface area contributed by atoms with E-state index in [0.29, 0.717) is 6.42 Å². The molecule has 0 bridgehead atoms. The van der Waals surface area contributed by atoms with Crippen LogP contribution < -0.4 is 0 Å². The van der Waals surface area contributed by atoms with Crippen molar-refractivity contribution in [3.63, 3.8) is 0 Å². The molecule has 5 heteroatoms. The van der Waals surface area contributed by atoms with Crippen molar-refractivity contribution >= 4 is 17.2 Å². The second-order valence-corrected chi connectivity index (χ2v) is 8.00. The highest BCUT2D eigenvalue weighted by molar-refractivity contribution is 7.09. The number of carbonyl (C=O) groups is 1. The first-order chi connectivity index (χ1) is 10.9. The molecule has 1 amide bonds. The molecule has 23 heavy (non-hydrogen) atoms. The van der Waals surface area contributed by atoms with E-state index >= 15 is 0 Å².